The van der Waals surface area contributed by atoms with E-state index < -0.39 is 29.1 Å². The second-order valence-corrected chi connectivity index (χ2v) is 5.95. The highest BCUT2D eigenvalue weighted by Crippen LogP contribution is 2.12. The molecular weight excluding hydrogens is 346 g/mol. The number of aromatic nitrogens is 2. The number of Topliss-reactive ketones (excluding diaryl/α,β-unsaturated/α-hetero) is 1. The molecular formula is C20H17N3O4. The van der Waals surface area contributed by atoms with Crippen LogP contribution in [0.5, 0.6) is 0 Å². The van der Waals surface area contributed by atoms with Crippen LogP contribution in [0.15, 0.2) is 76.4 Å². The van der Waals surface area contributed by atoms with Crippen LogP contribution in [-0.4, -0.2) is 21.2 Å². The third kappa shape index (κ3) is 3.92. The van der Waals surface area contributed by atoms with Crippen molar-refractivity contribution in [3.8, 4) is 0 Å². The maximum absolute atomic E-state index is 13.0. The third-order valence-corrected chi connectivity index (χ3v) is 4.03. The van der Waals surface area contributed by atoms with Crippen LogP contribution < -0.4 is 16.6 Å². The monoisotopic (exact) mass is 363 g/mol. The lowest BCUT2D eigenvalue weighted by atomic mass is 10.1. The highest BCUT2D eigenvalue weighted by Gasteiger charge is 2.26. The fourth-order valence-corrected chi connectivity index (χ4v) is 2.60. The van der Waals surface area contributed by atoms with Gasteiger partial charge in [0.2, 0.25) is 5.78 Å². The number of hydrogen-bond donors (Lipinski definition) is 2. The number of benzene rings is 2. The number of nitrogens with zero attached hydrogens (tertiary/aromatic N) is 1. The molecule has 3 rings (SSSR count). The van der Waals surface area contributed by atoms with E-state index in [4.69, 9.17) is 0 Å². The zero-order valence-corrected chi connectivity index (χ0v) is 14.5. The van der Waals surface area contributed by atoms with Crippen LogP contribution in [0.2, 0.25) is 0 Å². The van der Waals surface area contributed by atoms with Crippen molar-refractivity contribution in [2.24, 2.45) is 0 Å². The molecule has 1 unspecified atom stereocenters. The topological polar surface area (TPSA) is 101 Å². The summed E-state index contributed by atoms with van der Waals surface area (Å²) in [6.45, 7) is 1.51. The normalized spacial score (nSPS) is 11.6. The summed E-state index contributed by atoms with van der Waals surface area (Å²) in [7, 11) is 0. The average Bonchev–Trinajstić information content (AvgIpc) is 2.70. The van der Waals surface area contributed by atoms with Gasteiger partial charge in [-0.1, -0.05) is 48.5 Å². The Balaban J connectivity index is 2.05. The minimum absolute atomic E-state index is 0.245. The zero-order valence-electron chi connectivity index (χ0n) is 14.5. The second-order valence-electron chi connectivity index (χ2n) is 5.95. The van der Waals surface area contributed by atoms with Gasteiger partial charge in [0.15, 0.2) is 6.17 Å². The molecule has 2 N–H and O–H groups in total. The van der Waals surface area contributed by atoms with Crippen LogP contribution in [0.1, 0.15) is 32.4 Å². The maximum atomic E-state index is 13.0. The van der Waals surface area contributed by atoms with Crippen LogP contribution in [-0.2, 0) is 0 Å². The predicted molar refractivity (Wildman–Crippen MR) is 99.8 cm³/mol. The van der Waals surface area contributed by atoms with Gasteiger partial charge in [0.25, 0.3) is 11.5 Å². The van der Waals surface area contributed by atoms with Crippen LogP contribution in [0.4, 0.5) is 0 Å². The predicted octanol–water partition coefficient (Wildman–Crippen LogP) is 1.66. The van der Waals surface area contributed by atoms with E-state index in [1.54, 1.807) is 60.7 Å². The lowest BCUT2D eigenvalue weighted by Crippen LogP contribution is -2.44. The molecule has 2 aromatic carbocycles. The number of rotatable bonds is 5. The van der Waals surface area contributed by atoms with Crippen molar-refractivity contribution in [3.05, 3.63) is 104 Å². The summed E-state index contributed by atoms with van der Waals surface area (Å²) in [6, 6.07) is 16.7. The number of ketones is 1. The number of nitrogens with one attached hydrogen (secondary N) is 2. The molecule has 1 heterocycles. The van der Waals surface area contributed by atoms with Gasteiger partial charge in [-0.25, -0.2) is 4.79 Å². The first-order chi connectivity index (χ1) is 13.0. The molecule has 0 bridgehead atoms. The highest BCUT2D eigenvalue weighted by molar-refractivity contribution is 6.03. The van der Waals surface area contributed by atoms with E-state index in [1.807, 2.05) is 0 Å². The number of aromatic amines is 1. The standard InChI is InChI=1S/C20H17N3O4/c1-13-12-23(20(27)22-18(13)25)17(16(24)14-8-4-2-5-9-14)21-19(26)15-10-6-3-7-11-15/h2-12,17H,1H3,(H,21,26)(H,22,25,27). The van der Waals surface area contributed by atoms with E-state index in [-0.39, 0.29) is 5.56 Å². The van der Waals surface area contributed by atoms with Gasteiger partial charge in [0, 0.05) is 22.9 Å². The van der Waals surface area contributed by atoms with Gasteiger partial charge >= 0.3 is 5.69 Å². The summed E-state index contributed by atoms with van der Waals surface area (Å²) >= 11 is 0. The molecule has 0 radical (unpaired) electrons. The molecule has 0 aliphatic heterocycles. The number of amides is 1. The van der Waals surface area contributed by atoms with Crippen LogP contribution in [0, 0.1) is 6.92 Å². The van der Waals surface area contributed by atoms with Gasteiger partial charge in [-0.3, -0.25) is 23.9 Å². The Kier molecular flexibility index (Phi) is 5.12. The van der Waals surface area contributed by atoms with Gasteiger partial charge in [-0.2, -0.15) is 0 Å². The quantitative estimate of drug-likeness (QED) is 0.673. The smallest absolute Gasteiger partial charge is 0.325 e. The summed E-state index contributed by atoms with van der Waals surface area (Å²) in [5, 5.41) is 2.59. The number of carbonyl (C=O) groups is 2. The number of aryl methyl sites for hydroxylation is 1. The molecule has 3 aromatic rings. The van der Waals surface area contributed by atoms with E-state index in [1.165, 1.54) is 13.1 Å². The SMILES string of the molecule is Cc1cn(C(NC(=O)c2ccccc2)C(=O)c2ccccc2)c(=O)[nH]c1=O. The van der Waals surface area contributed by atoms with Gasteiger partial charge < -0.3 is 5.32 Å². The fraction of sp³-hybridized carbons (Fsp3) is 0.100. The lowest BCUT2D eigenvalue weighted by Gasteiger charge is -2.20. The zero-order chi connectivity index (χ0) is 19.4. The van der Waals surface area contributed by atoms with E-state index in [0.717, 1.165) is 4.57 Å². The Morgan fingerprint density at radius 1 is 0.926 bits per heavy atom. The third-order valence-electron chi connectivity index (χ3n) is 4.03. The minimum Gasteiger partial charge on any atom is -0.325 e. The average molecular weight is 363 g/mol. The molecule has 0 saturated carbocycles. The van der Waals surface area contributed by atoms with Gasteiger partial charge in [0.1, 0.15) is 0 Å². The van der Waals surface area contributed by atoms with E-state index in [9.17, 15) is 19.2 Å². The number of hydrogen-bond acceptors (Lipinski definition) is 4. The van der Waals surface area contributed by atoms with Crippen molar-refractivity contribution in [2.45, 2.75) is 13.1 Å². The van der Waals surface area contributed by atoms with Crippen molar-refractivity contribution in [1.29, 1.82) is 0 Å². The number of carbonyl (C=O) groups excluding carboxylic acids is 2. The first-order valence-corrected chi connectivity index (χ1v) is 8.24. The molecule has 0 spiro atoms. The Bertz CT molecular complexity index is 1090. The van der Waals surface area contributed by atoms with E-state index in [2.05, 4.69) is 10.3 Å². The van der Waals surface area contributed by atoms with E-state index >= 15 is 0 Å². The molecule has 136 valence electrons. The molecule has 1 atom stereocenters. The Morgan fingerprint density at radius 2 is 1.48 bits per heavy atom. The minimum atomic E-state index is -1.30. The van der Waals surface area contributed by atoms with Crippen LogP contribution in [0.3, 0.4) is 0 Å². The largest absolute Gasteiger partial charge is 0.330 e. The fourth-order valence-electron chi connectivity index (χ4n) is 2.60. The molecule has 1 aromatic heterocycles. The van der Waals surface area contributed by atoms with Gasteiger partial charge in [0.05, 0.1) is 0 Å². The summed E-state index contributed by atoms with van der Waals surface area (Å²) < 4.78 is 1.02. The van der Waals surface area contributed by atoms with Crippen molar-refractivity contribution in [3.63, 3.8) is 0 Å². The molecule has 0 saturated heterocycles. The molecule has 0 aliphatic carbocycles. The lowest BCUT2D eigenvalue weighted by molar-refractivity contribution is 0.0812. The van der Waals surface area contributed by atoms with Crippen molar-refractivity contribution in [1.82, 2.24) is 14.9 Å². The summed E-state index contributed by atoms with van der Waals surface area (Å²) in [6.07, 6.45) is -0.0408. The molecule has 27 heavy (non-hydrogen) atoms. The van der Waals surface area contributed by atoms with Gasteiger partial charge in [-0.05, 0) is 19.1 Å². The Morgan fingerprint density at radius 3 is 2.07 bits per heavy atom. The summed E-state index contributed by atoms with van der Waals surface area (Å²) in [4.78, 5) is 51.7. The highest BCUT2D eigenvalue weighted by atomic mass is 16.2. The Labute approximate surface area is 154 Å². The van der Waals surface area contributed by atoms with Crippen molar-refractivity contribution >= 4 is 11.7 Å². The molecule has 7 nitrogen and oxygen atoms in total. The van der Waals surface area contributed by atoms with Crippen molar-refractivity contribution in [2.75, 3.05) is 0 Å². The number of H-pyrrole nitrogens is 1. The Hall–Kier alpha value is -3.74. The van der Waals surface area contributed by atoms with Gasteiger partial charge in [-0.15, -0.1) is 0 Å². The first-order valence-electron chi connectivity index (χ1n) is 8.24. The van der Waals surface area contributed by atoms with Crippen molar-refractivity contribution < 1.29 is 9.59 Å². The summed E-state index contributed by atoms with van der Waals surface area (Å²) in [5.74, 6) is -0.992. The van der Waals surface area contributed by atoms with Crippen LogP contribution in [0.25, 0.3) is 0 Å². The molecule has 7 heteroatoms. The molecule has 1 amide bonds. The summed E-state index contributed by atoms with van der Waals surface area (Å²) in [5.41, 5.74) is -0.414. The molecule has 0 fully saturated rings. The van der Waals surface area contributed by atoms with E-state index in [0.29, 0.717) is 11.1 Å². The first kappa shape index (κ1) is 18.1. The molecule has 0 aliphatic rings. The maximum Gasteiger partial charge on any atom is 0.330 e. The second kappa shape index (κ2) is 7.65. The van der Waals surface area contributed by atoms with Crippen LogP contribution >= 0.6 is 0 Å².